The number of aryl methyl sites for hydroxylation is 2. The standard InChI is InChI=1S/C29H31N3O5S2/c1-17-15-19(18(2)32(17)27-25(28(34)35)22-7-5-6-8-23(22)38-27)16-24-26(33)31(13-14-36-3)29(39-24)30-20-9-11-21(37-4)12-10-20/h9-12,15-16H,5-8,13-14H2,1-4H3,(H,34,35)/b24-16-,30-29?. The van der Waals surface area contributed by atoms with Crippen LogP contribution in [0.2, 0.25) is 0 Å². The molecular weight excluding hydrogens is 534 g/mol. The molecule has 1 aliphatic carbocycles. The first-order valence-electron chi connectivity index (χ1n) is 12.8. The average Bonchev–Trinajstić information content (AvgIpc) is 3.54. The minimum Gasteiger partial charge on any atom is -0.497 e. The predicted octanol–water partition coefficient (Wildman–Crippen LogP) is 5.99. The summed E-state index contributed by atoms with van der Waals surface area (Å²) < 4.78 is 12.5. The van der Waals surface area contributed by atoms with E-state index >= 15 is 0 Å². The molecule has 0 atom stereocenters. The van der Waals surface area contributed by atoms with Crippen LogP contribution < -0.4 is 4.74 Å². The van der Waals surface area contributed by atoms with Crippen molar-refractivity contribution in [1.29, 1.82) is 0 Å². The van der Waals surface area contributed by atoms with Crippen LogP contribution >= 0.6 is 23.1 Å². The number of nitrogens with zero attached hydrogens (tertiary/aromatic N) is 3. The van der Waals surface area contributed by atoms with Gasteiger partial charge in [0.05, 0.1) is 36.4 Å². The fourth-order valence-electron chi connectivity index (χ4n) is 5.06. The number of carboxylic acids is 1. The van der Waals surface area contributed by atoms with Crippen molar-refractivity contribution in [3.8, 4) is 10.8 Å². The molecule has 0 bridgehead atoms. The maximum absolute atomic E-state index is 13.5. The van der Waals surface area contributed by atoms with E-state index in [1.165, 1.54) is 16.6 Å². The van der Waals surface area contributed by atoms with Gasteiger partial charge in [0.25, 0.3) is 5.91 Å². The van der Waals surface area contributed by atoms with Gasteiger partial charge in [-0.2, -0.15) is 0 Å². The Kier molecular flexibility index (Phi) is 7.97. The van der Waals surface area contributed by atoms with Crippen LogP contribution in [0.25, 0.3) is 11.1 Å². The minimum atomic E-state index is -0.883. The van der Waals surface area contributed by atoms with E-state index in [1.807, 2.05) is 54.8 Å². The van der Waals surface area contributed by atoms with E-state index in [9.17, 15) is 14.7 Å². The summed E-state index contributed by atoms with van der Waals surface area (Å²) in [6.07, 6.45) is 5.73. The molecule has 5 rings (SSSR count). The van der Waals surface area contributed by atoms with Crippen molar-refractivity contribution in [2.24, 2.45) is 4.99 Å². The van der Waals surface area contributed by atoms with Crippen molar-refractivity contribution >= 4 is 51.9 Å². The van der Waals surface area contributed by atoms with Gasteiger partial charge in [-0.05, 0) is 98.8 Å². The molecule has 0 spiro atoms. The first-order valence-corrected chi connectivity index (χ1v) is 14.5. The van der Waals surface area contributed by atoms with Crippen LogP contribution in [0, 0.1) is 13.8 Å². The van der Waals surface area contributed by atoms with Crippen molar-refractivity contribution < 1.29 is 24.2 Å². The lowest BCUT2D eigenvalue weighted by Gasteiger charge is -2.14. The largest absolute Gasteiger partial charge is 0.497 e. The van der Waals surface area contributed by atoms with Gasteiger partial charge in [-0.15, -0.1) is 11.3 Å². The quantitative estimate of drug-likeness (QED) is 0.337. The molecule has 1 amide bonds. The Balaban J connectivity index is 1.52. The molecule has 0 saturated carbocycles. The Labute approximate surface area is 236 Å². The summed E-state index contributed by atoms with van der Waals surface area (Å²) in [6, 6.07) is 9.38. The van der Waals surface area contributed by atoms with Crippen LogP contribution in [0.1, 0.15) is 50.6 Å². The number of benzene rings is 1. The van der Waals surface area contributed by atoms with E-state index in [2.05, 4.69) is 0 Å². The number of hydrogen-bond donors (Lipinski definition) is 1. The molecule has 1 fully saturated rings. The van der Waals surface area contributed by atoms with Gasteiger partial charge in [0, 0.05) is 23.4 Å². The fraction of sp³-hybridized carbons (Fsp3) is 0.345. The number of hydrogen-bond acceptors (Lipinski definition) is 7. The molecule has 3 aromatic rings. The minimum absolute atomic E-state index is 0.132. The van der Waals surface area contributed by atoms with Crippen molar-refractivity contribution in [2.75, 3.05) is 27.4 Å². The van der Waals surface area contributed by atoms with Crippen molar-refractivity contribution in [3.05, 3.63) is 68.2 Å². The molecule has 10 heteroatoms. The number of amides is 1. The van der Waals surface area contributed by atoms with Gasteiger partial charge in [-0.1, -0.05) is 0 Å². The smallest absolute Gasteiger partial charge is 0.339 e. The zero-order valence-corrected chi connectivity index (χ0v) is 24.1. The number of rotatable bonds is 8. The zero-order chi connectivity index (χ0) is 27.7. The number of ether oxygens (including phenoxy) is 2. The third kappa shape index (κ3) is 5.28. The highest BCUT2D eigenvalue weighted by atomic mass is 32.2. The topological polar surface area (TPSA) is 93.4 Å². The number of carboxylic acid groups (broad SMARTS) is 1. The number of aromatic carboxylic acids is 1. The number of aromatic nitrogens is 1. The van der Waals surface area contributed by atoms with Crippen LogP contribution in [0.3, 0.4) is 0 Å². The second-order valence-electron chi connectivity index (χ2n) is 9.51. The first kappa shape index (κ1) is 27.2. The monoisotopic (exact) mass is 565 g/mol. The van der Waals surface area contributed by atoms with E-state index in [-0.39, 0.29) is 5.91 Å². The Morgan fingerprint density at radius 2 is 1.90 bits per heavy atom. The number of aliphatic imine (C=N–C) groups is 1. The summed E-state index contributed by atoms with van der Waals surface area (Å²) in [5.41, 5.74) is 4.83. The van der Waals surface area contributed by atoms with Crippen LogP contribution in [0.15, 0.2) is 40.2 Å². The van der Waals surface area contributed by atoms with Gasteiger partial charge in [0.15, 0.2) is 5.17 Å². The van der Waals surface area contributed by atoms with E-state index < -0.39 is 5.97 Å². The average molecular weight is 566 g/mol. The summed E-state index contributed by atoms with van der Waals surface area (Å²) in [7, 11) is 3.22. The van der Waals surface area contributed by atoms with Gasteiger partial charge in [0.2, 0.25) is 0 Å². The maximum atomic E-state index is 13.5. The predicted molar refractivity (Wildman–Crippen MR) is 156 cm³/mol. The van der Waals surface area contributed by atoms with Crippen LogP contribution in [-0.2, 0) is 22.4 Å². The molecule has 3 heterocycles. The summed E-state index contributed by atoms with van der Waals surface area (Å²) in [5, 5.41) is 11.4. The second-order valence-corrected chi connectivity index (χ2v) is 11.6. The normalized spacial score (nSPS) is 17.3. The summed E-state index contributed by atoms with van der Waals surface area (Å²) in [5.74, 6) is -0.280. The van der Waals surface area contributed by atoms with Crippen LogP contribution in [0.4, 0.5) is 5.69 Å². The van der Waals surface area contributed by atoms with Gasteiger partial charge in [-0.25, -0.2) is 9.79 Å². The summed E-state index contributed by atoms with van der Waals surface area (Å²) in [6.45, 7) is 4.72. The fourth-order valence-corrected chi connectivity index (χ4v) is 7.56. The molecule has 8 nitrogen and oxygen atoms in total. The van der Waals surface area contributed by atoms with E-state index in [0.717, 1.165) is 64.6 Å². The molecule has 1 aliphatic heterocycles. The SMILES string of the molecule is COCCN1C(=O)/C(=C/c2cc(C)n(-c3sc4c(c3C(=O)O)CCCC4)c2C)SC1=Nc1ccc(OC)cc1. The molecule has 1 saturated heterocycles. The Hall–Kier alpha value is -3.34. The van der Waals surface area contributed by atoms with Crippen LogP contribution in [-0.4, -0.2) is 59.0 Å². The Bertz CT molecular complexity index is 1480. The number of carbonyl (C=O) groups excluding carboxylic acids is 1. The van der Waals surface area contributed by atoms with E-state index in [4.69, 9.17) is 14.5 Å². The molecular formula is C29H31N3O5S2. The highest BCUT2D eigenvalue weighted by molar-refractivity contribution is 8.18. The lowest BCUT2D eigenvalue weighted by molar-refractivity contribution is -0.122. The van der Waals surface area contributed by atoms with Crippen LogP contribution in [0.5, 0.6) is 5.75 Å². The third-order valence-electron chi connectivity index (χ3n) is 7.03. The Morgan fingerprint density at radius 1 is 1.15 bits per heavy atom. The molecule has 39 heavy (non-hydrogen) atoms. The van der Waals surface area contributed by atoms with Crippen molar-refractivity contribution in [3.63, 3.8) is 0 Å². The number of methoxy groups -OCH3 is 2. The molecule has 2 aromatic heterocycles. The zero-order valence-electron chi connectivity index (χ0n) is 22.4. The molecule has 0 radical (unpaired) electrons. The van der Waals surface area contributed by atoms with Crippen molar-refractivity contribution in [1.82, 2.24) is 9.47 Å². The van der Waals surface area contributed by atoms with Gasteiger partial charge >= 0.3 is 5.97 Å². The van der Waals surface area contributed by atoms with E-state index in [1.54, 1.807) is 30.5 Å². The molecule has 1 N–H and O–H groups in total. The number of carbonyl (C=O) groups is 2. The maximum Gasteiger partial charge on any atom is 0.339 e. The molecule has 204 valence electrons. The van der Waals surface area contributed by atoms with Gasteiger partial charge in [-0.3, -0.25) is 9.69 Å². The van der Waals surface area contributed by atoms with Crippen molar-refractivity contribution in [2.45, 2.75) is 39.5 Å². The number of thioether (sulfide) groups is 1. The van der Waals surface area contributed by atoms with Gasteiger partial charge < -0.3 is 19.1 Å². The molecule has 0 unspecified atom stereocenters. The highest BCUT2D eigenvalue weighted by Crippen LogP contribution is 2.40. The molecule has 2 aliphatic rings. The Morgan fingerprint density at radius 3 is 2.59 bits per heavy atom. The first-order chi connectivity index (χ1) is 18.8. The lowest BCUT2D eigenvalue weighted by atomic mass is 9.95. The molecule has 1 aromatic carbocycles. The lowest BCUT2D eigenvalue weighted by Crippen LogP contribution is -2.32. The third-order valence-corrected chi connectivity index (χ3v) is 9.31. The summed E-state index contributed by atoms with van der Waals surface area (Å²) in [4.78, 5) is 33.9. The summed E-state index contributed by atoms with van der Waals surface area (Å²) >= 11 is 2.91. The second kappa shape index (κ2) is 11.4. The highest BCUT2D eigenvalue weighted by Gasteiger charge is 2.34. The number of amidine groups is 1. The number of fused-ring (bicyclic) bond motifs is 1. The van der Waals surface area contributed by atoms with Gasteiger partial charge in [0.1, 0.15) is 10.8 Å². The van der Waals surface area contributed by atoms with E-state index in [0.29, 0.717) is 28.8 Å². The number of thiophene rings is 1.